The van der Waals surface area contributed by atoms with Crippen molar-refractivity contribution in [3.8, 4) is 0 Å². The Morgan fingerprint density at radius 2 is 1.50 bits per heavy atom. The van der Waals surface area contributed by atoms with Crippen LogP contribution in [-0.4, -0.2) is 25.2 Å². The van der Waals surface area contributed by atoms with Crippen molar-refractivity contribution in [2.75, 3.05) is 13.1 Å². The predicted molar refractivity (Wildman–Crippen MR) is 100 cm³/mol. The Labute approximate surface area is 146 Å². The Kier molecular flexibility index (Phi) is 6.45. The summed E-state index contributed by atoms with van der Waals surface area (Å²) in [5.74, 6) is 0. The molecule has 3 N–H and O–H groups in total. The van der Waals surface area contributed by atoms with Crippen molar-refractivity contribution < 1.29 is 10.2 Å². The van der Waals surface area contributed by atoms with Gasteiger partial charge in [-0.2, -0.15) is 0 Å². The summed E-state index contributed by atoms with van der Waals surface area (Å²) >= 11 is 0. The van der Waals surface area contributed by atoms with Crippen LogP contribution in [0, 0.1) is 0 Å². The van der Waals surface area contributed by atoms with Crippen LogP contribution in [0.2, 0.25) is 0 Å². The molecule has 0 saturated carbocycles. The second-order valence-corrected chi connectivity index (χ2v) is 7.44. The molecule has 2 nitrogen and oxygen atoms in total. The molecular formula is C22H32N2+2. The summed E-state index contributed by atoms with van der Waals surface area (Å²) in [6.45, 7) is 6.23. The minimum absolute atomic E-state index is 0.728. The number of rotatable bonds is 7. The average molecular weight is 325 g/mol. The highest BCUT2D eigenvalue weighted by molar-refractivity contribution is 5.14. The number of likely N-dealkylation sites (tertiary alicyclic amines) is 1. The van der Waals surface area contributed by atoms with Crippen molar-refractivity contribution in [3.05, 3.63) is 71.8 Å². The highest BCUT2D eigenvalue weighted by atomic mass is 15.1. The van der Waals surface area contributed by atoms with E-state index >= 15 is 0 Å². The van der Waals surface area contributed by atoms with Gasteiger partial charge in [0.25, 0.3) is 0 Å². The van der Waals surface area contributed by atoms with Crippen LogP contribution in [0.1, 0.15) is 37.3 Å². The standard InChI is InChI=1S/C22H30N2/c1-19(12-13-20-8-4-2-5-9-20)23-22-14-16-24(17-15-22)18-21-10-6-3-7-11-21/h2-11,19,22-23H,12-18H2,1H3/p+2/t19-/m0/s1. The van der Waals surface area contributed by atoms with Crippen molar-refractivity contribution in [1.82, 2.24) is 0 Å². The zero-order valence-electron chi connectivity index (χ0n) is 15.0. The molecule has 0 amide bonds. The molecule has 2 aromatic rings. The summed E-state index contributed by atoms with van der Waals surface area (Å²) in [6, 6.07) is 23.4. The average Bonchev–Trinajstić information content (AvgIpc) is 2.63. The summed E-state index contributed by atoms with van der Waals surface area (Å²) < 4.78 is 0. The van der Waals surface area contributed by atoms with E-state index in [0.717, 1.165) is 12.1 Å². The summed E-state index contributed by atoms with van der Waals surface area (Å²) in [4.78, 5) is 1.75. The van der Waals surface area contributed by atoms with Crippen LogP contribution in [0.3, 0.4) is 0 Å². The smallest absolute Gasteiger partial charge is 0.103 e. The molecule has 1 aliphatic rings. The third-order valence-corrected chi connectivity index (χ3v) is 5.37. The van der Waals surface area contributed by atoms with Crippen LogP contribution in [0.5, 0.6) is 0 Å². The second-order valence-electron chi connectivity index (χ2n) is 7.44. The van der Waals surface area contributed by atoms with Gasteiger partial charge in [-0.3, -0.25) is 0 Å². The molecule has 0 bridgehead atoms. The van der Waals surface area contributed by atoms with Crippen LogP contribution in [0.15, 0.2) is 60.7 Å². The highest BCUT2D eigenvalue weighted by Gasteiger charge is 2.25. The van der Waals surface area contributed by atoms with Gasteiger partial charge in [-0.05, 0) is 18.9 Å². The van der Waals surface area contributed by atoms with Gasteiger partial charge < -0.3 is 10.2 Å². The van der Waals surface area contributed by atoms with Gasteiger partial charge in [0.05, 0.1) is 25.2 Å². The van der Waals surface area contributed by atoms with Crippen LogP contribution in [0.4, 0.5) is 0 Å². The third kappa shape index (κ3) is 5.47. The lowest BCUT2D eigenvalue weighted by atomic mass is 10.0. The van der Waals surface area contributed by atoms with Crippen molar-refractivity contribution in [1.29, 1.82) is 0 Å². The van der Waals surface area contributed by atoms with Crippen molar-refractivity contribution in [2.24, 2.45) is 0 Å². The number of aryl methyl sites for hydroxylation is 1. The van der Waals surface area contributed by atoms with Gasteiger partial charge in [-0.15, -0.1) is 0 Å². The first kappa shape index (κ1) is 17.2. The fourth-order valence-electron chi connectivity index (χ4n) is 3.90. The first-order valence-corrected chi connectivity index (χ1v) is 9.56. The molecule has 2 heteroatoms. The van der Waals surface area contributed by atoms with Crippen LogP contribution in [-0.2, 0) is 13.0 Å². The van der Waals surface area contributed by atoms with E-state index in [9.17, 15) is 0 Å². The van der Waals surface area contributed by atoms with E-state index in [-0.39, 0.29) is 0 Å². The Balaban J connectivity index is 1.36. The van der Waals surface area contributed by atoms with Crippen LogP contribution >= 0.6 is 0 Å². The van der Waals surface area contributed by atoms with Gasteiger partial charge >= 0.3 is 0 Å². The SMILES string of the molecule is C[C@@H](CCc1ccccc1)[NH2+]C1CC[NH+](Cc2ccccc2)CC1. The molecule has 0 aliphatic carbocycles. The maximum Gasteiger partial charge on any atom is 0.103 e. The lowest BCUT2D eigenvalue weighted by Gasteiger charge is -2.29. The van der Waals surface area contributed by atoms with Crippen molar-refractivity contribution in [2.45, 2.75) is 51.2 Å². The summed E-state index contributed by atoms with van der Waals surface area (Å²) in [6.07, 6.45) is 5.20. The van der Waals surface area contributed by atoms with Gasteiger partial charge in [0.1, 0.15) is 6.54 Å². The number of nitrogens with one attached hydrogen (secondary N) is 1. The van der Waals surface area contributed by atoms with E-state index in [0.29, 0.717) is 0 Å². The lowest BCUT2D eigenvalue weighted by Crippen LogP contribution is -3.14. The van der Waals surface area contributed by atoms with E-state index in [2.05, 4.69) is 72.9 Å². The van der Waals surface area contributed by atoms with E-state index in [1.54, 1.807) is 4.90 Å². The lowest BCUT2D eigenvalue weighted by molar-refractivity contribution is -0.927. The molecule has 0 aromatic heterocycles. The van der Waals surface area contributed by atoms with Gasteiger partial charge in [0.15, 0.2) is 0 Å². The summed E-state index contributed by atoms with van der Waals surface area (Å²) in [5, 5.41) is 2.64. The highest BCUT2D eigenvalue weighted by Crippen LogP contribution is 2.04. The minimum Gasteiger partial charge on any atom is -0.341 e. The zero-order chi connectivity index (χ0) is 16.6. The predicted octanol–water partition coefficient (Wildman–Crippen LogP) is 1.82. The van der Waals surface area contributed by atoms with Gasteiger partial charge in [0.2, 0.25) is 0 Å². The van der Waals surface area contributed by atoms with E-state index in [1.807, 2.05) is 0 Å². The van der Waals surface area contributed by atoms with Crippen LogP contribution in [0.25, 0.3) is 0 Å². The molecule has 0 spiro atoms. The molecule has 128 valence electrons. The first-order chi connectivity index (χ1) is 11.8. The molecule has 3 rings (SSSR count). The number of benzene rings is 2. The third-order valence-electron chi connectivity index (χ3n) is 5.37. The molecule has 1 atom stereocenters. The fourth-order valence-corrected chi connectivity index (χ4v) is 3.90. The first-order valence-electron chi connectivity index (χ1n) is 9.56. The molecule has 1 fully saturated rings. The fraction of sp³-hybridized carbons (Fsp3) is 0.455. The Bertz CT molecular complexity index is 573. The molecule has 1 aliphatic heterocycles. The Morgan fingerprint density at radius 3 is 2.12 bits per heavy atom. The molecule has 0 unspecified atom stereocenters. The van der Waals surface area contributed by atoms with Crippen molar-refractivity contribution in [3.63, 3.8) is 0 Å². The molecule has 1 saturated heterocycles. The molecular weight excluding hydrogens is 292 g/mol. The normalized spacial score (nSPS) is 22.2. The zero-order valence-corrected chi connectivity index (χ0v) is 15.0. The minimum atomic E-state index is 0.728. The van der Waals surface area contributed by atoms with E-state index in [4.69, 9.17) is 0 Å². The topological polar surface area (TPSA) is 21.1 Å². The number of nitrogens with two attached hydrogens (primary N) is 1. The van der Waals surface area contributed by atoms with Crippen molar-refractivity contribution >= 4 is 0 Å². The monoisotopic (exact) mass is 324 g/mol. The maximum absolute atomic E-state index is 2.64. The summed E-state index contributed by atoms with van der Waals surface area (Å²) in [5.41, 5.74) is 2.95. The van der Waals surface area contributed by atoms with Gasteiger partial charge in [0, 0.05) is 24.8 Å². The molecule has 1 heterocycles. The van der Waals surface area contributed by atoms with E-state index in [1.165, 1.54) is 56.4 Å². The van der Waals surface area contributed by atoms with E-state index < -0.39 is 0 Å². The number of hydrogen-bond donors (Lipinski definition) is 2. The number of hydrogen-bond acceptors (Lipinski definition) is 0. The van der Waals surface area contributed by atoms with Gasteiger partial charge in [-0.1, -0.05) is 60.7 Å². The van der Waals surface area contributed by atoms with Crippen LogP contribution < -0.4 is 10.2 Å². The second kappa shape index (κ2) is 9.00. The molecule has 2 aromatic carbocycles. The molecule has 24 heavy (non-hydrogen) atoms. The quantitative estimate of drug-likeness (QED) is 0.775. The summed E-state index contributed by atoms with van der Waals surface area (Å²) in [7, 11) is 0. The number of piperidine rings is 1. The Morgan fingerprint density at radius 1 is 0.917 bits per heavy atom. The van der Waals surface area contributed by atoms with Gasteiger partial charge in [-0.25, -0.2) is 0 Å². The Hall–Kier alpha value is -1.64. The maximum atomic E-state index is 2.64. The molecule has 0 radical (unpaired) electrons. The largest absolute Gasteiger partial charge is 0.341 e. The number of quaternary nitrogens is 2.